The van der Waals surface area contributed by atoms with Crippen molar-refractivity contribution in [2.24, 2.45) is 0 Å². The van der Waals surface area contributed by atoms with Crippen LogP contribution in [-0.2, 0) is 10.9 Å². The minimum atomic E-state index is -4.83. The summed E-state index contributed by atoms with van der Waals surface area (Å²) in [5.74, 6) is -2.11. The molecule has 0 fully saturated rings. The van der Waals surface area contributed by atoms with Gasteiger partial charge in [0.2, 0.25) is 0 Å². The highest BCUT2D eigenvalue weighted by molar-refractivity contribution is 5.94. The molecule has 20 heavy (non-hydrogen) atoms. The molecule has 1 atom stereocenters. The van der Waals surface area contributed by atoms with Crippen molar-refractivity contribution in [1.29, 1.82) is 0 Å². The van der Waals surface area contributed by atoms with Crippen molar-refractivity contribution in [3.05, 3.63) is 35.1 Å². The van der Waals surface area contributed by atoms with E-state index in [0.29, 0.717) is 18.7 Å². The average molecular weight is 293 g/mol. The molecule has 0 saturated heterocycles. The summed E-state index contributed by atoms with van der Waals surface area (Å²) in [5, 5.41) is 2.43. The zero-order valence-corrected chi connectivity index (χ0v) is 11.1. The van der Waals surface area contributed by atoms with Crippen molar-refractivity contribution < 1.29 is 27.1 Å². The van der Waals surface area contributed by atoms with E-state index >= 15 is 0 Å². The van der Waals surface area contributed by atoms with Crippen molar-refractivity contribution in [2.45, 2.75) is 26.1 Å². The number of nitrogens with one attached hydrogen (secondary N) is 1. The van der Waals surface area contributed by atoms with E-state index in [1.807, 2.05) is 0 Å². The molecule has 112 valence electrons. The Kier molecular flexibility index (Phi) is 5.50. The molecule has 0 bridgehead atoms. The summed E-state index contributed by atoms with van der Waals surface area (Å²) in [6.45, 7) is 4.13. The van der Waals surface area contributed by atoms with Crippen LogP contribution in [-0.4, -0.2) is 25.2 Å². The van der Waals surface area contributed by atoms with Crippen LogP contribution < -0.4 is 5.32 Å². The third kappa shape index (κ3) is 4.48. The summed E-state index contributed by atoms with van der Waals surface area (Å²) in [7, 11) is 0. The third-order valence-corrected chi connectivity index (χ3v) is 2.54. The Labute approximate surface area is 113 Å². The van der Waals surface area contributed by atoms with Gasteiger partial charge in [-0.2, -0.15) is 13.2 Å². The van der Waals surface area contributed by atoms with Crippen LogP contribution in [0.2, 0.25) is 0 Å². The third-order valence-electron chi connectivity index (χ3n) is 2.54. The first-order chi connectivity index (χ1) is 9.25. The minimum absolute atomic E-state index is 0.158. The monoisotopic (exact) mass is 293 g/mol. The molecule has 0 aliphatic rings. The number of benzene rings is 1. The largest absolute Gasteiger partial charge is 0.419 e. The Morgan fingerprint density at radius 2 is 2.05 bits per heavy atom. The first kappa shape index (κ1) is 16.4. The Balaban J connectivity index is 2.79. The summed E-state index contributed by atoms with van der Waals surface area (Å²) >= 11 is 0. The zero-order valence-electron chi connectivity index (χ0n) is 11.1. The first-order valence-electron chi connectivity index (χ1n) is 6.02. The highest BCUT2D eigenvalue weighted by atomic mass is 19.4. The minimum Gasteiger partial charge on any atom is -0.377 e. The zero-order chi connectivity index (χ0) is 15.3. The molecule has 0 aliphatic heterocycles. The highest BCUT2D eigenvalue weighted by Crippen LogP contribution is 2.31. The van der Waals surface area contributed by atoms with Gasteiger partial charge in [-0.3, -0.25) is 4.79 Å². The molecule has 3 nitrogen and oxygen atoms in total. The van der Waals surface area contributed by atoms with E-state index in [-0.39, 0.29) is 18.2 Å². The molecule has 0 aromatic heterocycles. The summed E-state index contributed by atoms with van der Waals surface area (Å²) in [4.78, 5) is 11.7. The van der Waals surface area contributed by atoms with Gasteiger partial charge in [0, 0.05) is 18.7 Å². The number of rotatable bonds is 5. The number of hydrogen-bond acceptors (Lipinski definition) is 2. The fourth-order valence-electron chi connectivity index (χ4n) is 1.57. The summed E-state index contributed by atoms with van der Waals surface area (Å²) in [6, 6.07) is 2.13. The van der Waals surface area contributed by atoms with Crippen LogP contribution >= 0.6 is 0 Å². The maximum atomic E-state index is 13.1. The van der Waals surface area contributed by atoms with Crippen LogP contribution in [0.15, 0.2) is 18.2 Å². The summed E-state index contributed by atoms with van der Waals surface area (Å²) in [6.07, 6.45) is -5.09. The number of amides is 1. The molecule has 7 heteroatoms. The lowest BCUT2D eigenvalue weighted by molar-refractivity contribution is -0.140. The average Bonchev–Trinajstić information content (AvgIpc) is 2.35. The summed E-state index contributed by atoms with van der Waals surface area (Å²) < 4.78 is 55.8. The van der Waals surface area contributed by atoms with Gasteiger partial charge in [-0.25, -0.2) is 4.39 Å². The van der Waals surface area contributed by atoms with Gasteiger partial charge in [0.05, 0.1) is 11.7 Å². The van der Waals surface area contributed by atoms with Crippen LogP contribution in [0.25, 0.3) is 0 Å². The summed E-state index contributed by atoms with van der Waals surface area (Å²) in [5.41, 5.74) is -1.70. The molecule has 0 spiro atoms. The van der Waals surface area contributed by atoms with E-state index in [9.17, 15) is 22.4 Å². The predicted molar refractivity (Wildman–Crippen MR) is 64.8 cm³/mol. The van der Waals surface area contributed by atoms with Gasteiger partial charge >= 0.3 is 6.18 Å². The fourth-order valence-corrected chi connectivity index (χ4v) is 1.57. The maximum Gasteiger partial charge on any atom is 0.419 e. The predicted octanol–water partition coefficient (Wildman–Crippen LogP) is 3.00. The second-order valence-corrected chi connectivity index (χ2v) is 4.17. The van der Waals surface area contributed by atoms with E-state index in [2.05, 4.69) is 5.32 Å². The lowest BCUT2D eigenvalue weighted by atomic mass is 10.1. The Bertz CT molecular complexity index is 474. The van der Waals surface area contributed by atoms with Crippen LogP contribution in [0.1, 0.15) is 29.8 Å². The first-order valence-corrected chi connectivity index (χ1v) is 6.02. The van der Waals surface area contributed by atoms with E-state index in [0.717, 1.165) is 6.07 Å². The second-order valence-electron chi connectivity index (χ2n) is 4.17. The molecule has 1 aromatic carbocycles. The van der Waals surface area contributed by atoms with Crippen molar-refractivity contribution in [3.63, 3.8) is 0 Å². The van der Waals surface area contributed by atoms with E-state index < -0.39 is 23.5 Å². The van der Waals surface area contributed by atoms with Crippen molar-refractivity contribution >= 4 is 5.91 Å². The lowest BCUT2D eigenvalue weighted by Gasteiger charge is -2.13. The Morgan fingerprint density at radius 1 is 1.40 bits per heavy atom. The number of halogens is 4. The number of hydrogen-bond donors (Lipinski definition) is 1. The quantitative estimate of drug-likeness (QED) is 0.848. The molecule has 0 aliphatic carbocycles. The molecule has 1 unspecified atom stereocenters. The smallest absolute Gasteiger partial charge is 0.377 e. The van der Waals surface area contributed by atoms with E-state index in [1.165, 1.54) is 0 Å². The molecule has 1 N–H and O–H groups in total. The SMILES string of the molecule is CCOC(C)CNC(=O)c1ccc(F)c(C(F)(F)F)c1. The van der Waals surface area contributed by atoms with Crippen LogP contribution in [0.3, 0.4) is 0 Å². The van der Waals surface area contributed by atoms with Gasteiger partial charge in [-0.1, -0.05) is 0 Å². The molecule has 0 saturated carbocycles. The molecule has 0 heterocycles. The fraction of sp³-hybridized carbons (Fsp3) is 0.462. The Morgan fingerprint density at radius 3 is 2.60 bits per heavy atom. The standard InChI is InChI=1S/C13H15F4NO2/c1-3-20-8(2)7-18-12(19)9-4-5-11(14)10(6-9)13(15,16)17/h4-6,8H,3,7H2,1-2H3,(H,18,19). The molecule has 1 rings (SSSR count). The maximum absolute atomic E-state index is 13.1. The topological polar surface area (TPSA) is 38.3 Å². The number of alkyl halides is 3. The van der Waals surface area contributed by atoms with E-state index in [1.54, 1.807) is 13.8 Å². The van der Waals surface area contributed by atoms with Crippen LogP contribution in [0.5, 0.6) is 0 Å². The molecule has 0 radical (unpaired) electrons. The molecular weight excluding hydrogens is 278 g/mol. The van der Waals surface area contributed by atoms with Crippen molar-refractivity contribution in [2.75, 3.05) is 13.2 Å². The van der Waals surface area contributed by atoms with Gasteiger partial charge in [0.15, 0.2) is 0 Å². The molecular formula is C13H15F4NO2. The lowest BCUT2D eigenvalue weighted by Crippen LogP contribution is -2.32. The number of carbonyl (C=O) groups is 1. The second kappa shape index (κ2) is 6.69. The van der Waals surface area contributed by atoms with Gasteiger partial charge < -0.3 is 10.1 Å². The Hall–Kier alpha value is -1.63. The van der Waals surface area contributed by atoms with E-state index in [4.69, 9.17) is 4.74 Å². The van der Waals surface area contributed by atoms with Crippen molar-refractivity contribution in [1.82, 2.24) is 5.32 Å². The number of ether oxygens (including phenoxy) is 1. The van der Waals surface area contributed by atoms with Gasteiger partial charge in [0.25, 0.3) is 5.91 Å². The van der Waals surface area contributed by atoms with Gasteiger partial charge in [0.1, 0.15) is 5.82 Å². The normalized spacial score (nSPS) is 13.1. The number of carbonyl (C=O) groups excluding carboxylic acids is 1. The molecule has 1 aromatic rings. The molecule has 1 amide bonds. The van der Waals surface area contributed by atoms with Crippen LogP contribution in [0.4, 0.5) is 17.6 Å². The van der Waals surface area contributed by atoms with Crippen LogP contribution in [0, 0.1) is 5.82 Å². The highest BCUT2D eigenvalue weighted by Gasteiger charge is 2.34. The van der Waals surface area contributed by atoms with Gasteiger partial charge in [-0.15, -0.1) is 0 Å². The van der Waals surface area contributed by atoms with Gasteiger partial charge in [-0.05, 0) is 32.0 Å². The van der Waals surface area contributed by atoms with Crippen molar-refractivity contribution in [3.8, 4) is 0 Å².